The standard InChI is InChI=1S/C14H13N3O/c1-9-12(7-10(8-15)14(18)16-2)11-5-3-4-6-13(11)17-9/h3-7,17H,1-2H3,(H,16,18). The van der Waals surface area contributed by atoms with Gasteiger partial charge in [-0.25, -0.2) is 0 Å². The average Bonchev–Trinajstić information content (AvgIpc) is 2.71. The van der Waals surface area contributed by atoms with Crippen LogP contribution in [0.4, 0.5) is 0 Å². The highest BCUT2D eigenvalue weighted by Crippen LogP contribution is 2.24. The summed E-state index contributed by atoms with van der Waals surface area (Å²) >= 11 is 0. The number of aromatic nitrogens is 1. The maximum Gasteiger partial charge on any atom is 0.261 e. The fraction of sp³-hybridized carbons (Fsp3) is 0.143. The van der Waals surface area contributed by atoms with E-state index in [4.69, 9.17) is 5.26 Å². The van der Waals surface area contributed by atoms with Crippen LogP contribution < -0.4 is 5.32 Å². The Morgan fingerprint density at radius 2 is 2.17 bits per heavy atom. The number of carbonyl (C=O) groups is 1. The summed E-state index contributed by atoms with van der Waals surface area (Å²) in [6.07, 6.45) is 1.62. The number of likely N-dealkylation sites (N-methyl/N-ethyl adjacent to an activating group) is 1. The van der Waals surface area contributed by atoms with E-state index in [-0.39, 0.29) is 11.5 Å². The van der Waals surface area contributed by atoms with Crippen molar-refractivity contribution < 1.29 is 4.79 Å². The van der Waals surface area contributed by atoms with Gasteiger partial charge in [-0.3, -0.25) is 4.79 Å². The van der Waals surface area contributed by atoms with Crippen molar-refractivity contribution in [3.63, 3.8) is 0 Å². The number of hydrogen-bond donors (Lipinski definition) is 2. The van der Waals surface area contributed by atoms with Crippen LogP contribution in [0.25, 0.3) is 17.0 Å². The highest BCUT2D eigenvalue weighted by atomic mass is 16.1. The van der Waals surface area contributed by atoms with E-state index in [2.05, 4.69) is 10.3 Å². The number of nitriles is 1. The van der Waals surface area contributed by atoms with Gasteiger partial charge in [0.25, 0.3) is 5.91 Å². The second kappa shape index (κ2) is 4.76. The molecule has 4 heteroatoms. The molecule has 0 bridgehead atoms. The van der Waals surface area contributed by atoms with Crippen molar-refractivity contribution in [2.24, 2.45) is 0 Å². The SMILES string of the molecule is CNC(=O)C(C#N)=Cc1c(C)[nH]c2ccccc12. The van der Waals surface area contributed by atoms with Crippen LogP contribution >= 0.6 is 0 Å². The lowest BCUT2D eigenvalue weighted by atomic mass is 10.1. The Morgan fingerprint density at radius 1 is 1.44 bits per heavy atom. The minimum Gasteiger partial charge on any atom is -0.358 e. The van der Waals surface area contributed by atoms with Gasteiger partial charge in [-0.1, -0.05) is 18.2 Å². The molecule has 0 spiro atoms. The van der Waals surface area contributed by atoms with Crippen molar-refractivity contribution in [3.05, 3.63) is 41.1 Å². The van der Waals surface area contributed by atoms with E-state index in [0.29, 0.717) is 0 Å². The maximum absolute atomic E-state index is 11.5. The van der Waals surface area contributed by atoms with E-state index in [9.17, 15) is 4.79 Å². The highest BCUT2D eigenvalue weighted by Gasteiger charge is 2.10. The smallest absolute Gasteiger partial charge is 0.261 e. The number of nitrogens with one attached hydrogen (secondary N) is 2. The third kappa shape index (κ3) is 1.98. The molecular formula is C14H13N3O. The Bertz CT molecular complexity index is 674. The number of fused-ring (bicyclic) bond motifs is 1. The molecule has 18 heavy (non-hydrogen) atoms. The molecule has 1 heterocycles. The molecule has 2 aromatic rings. The number of benzene rings is 1. The molecule has 0 saturated heterocycles. The molecule has 0 saturated carbocycles. The molecule has 0 radical (unpaired) electrons. The van der Waals surface area contributed by atoms with Gasteiger partial charge in [-0.05, 0) is 19.1 Å². The van der Waals surface area contributed by atoms with Crippen LogP contribution in [0.1, 0.15) is 11.3 Å². The van der Waals surface area contributed by atoms with Crippen LogP contribution in [0.5, 0.6) is 0 Å². The summed E-state index contributed by atoms with van der Waals surface area (Å²) in [5.74, 6) is -0.373. The molecule has 90 valence electrons. The van der Waals surface area contributed by atoms with Crippen LogP contribution in [-0.2, 0) is 4.79 Å². The number of H-pyrrole nitrogens is 1. The van der Waals surface area contributed by atoms with E-state index < -0.39 is 0 Å². The molecule has 1 aromatic carbocycles. The summed E-state index contributed by atoms with van der Waals surface area (Å²) in [6.45, 7) is 1.92. The zero-order valence-corrected chi connectivity index (χ0v) is 10.2. The molecule has 2 rings (SSSR count). The average molecular weight is 239 g/mol. The highest BCUT2D eigenvalue weighted by molar-refractivity contribution is 6.04. The Labute approximate surface area is 105 Å². The topological polar surface area (TPSA) is 68.7 Å². The predicted molar refractivity (Wildman–Crippen MR) is 70.7 cm³/mol. The molecule has 0 aliphatic carbocycles. The Hall–Kier alpha value is -2.54. The minimum absolute atomic E-state index is 0.102. The Kier molecular flexibility index (Phi) is 3.16. The van der Waals surface area contributed by atoms with Gasteiger partial charge >= 0.3 is 0 Å². The fourth-order valence-corrected chi connectivity index (χ4v) is 1.91. The Balaban J connectivity index is 2.61. The number of carbonyl (C=O) groups excluding carboxylic acids is 1. The first kappa shape index (κ1) is 11.9. The zero-order chi connectivity index (χ0) is 13.1. The molecule has 1 amide bonds. The van der Waals surface area contributed by atoms with Gasteiger partial charge in [0.1, 0.15) is 11.6 Å². The molecule has 0 fully saturated rings. The van der Waals surface area contributed by atoms with Crippen molar-refractivity contribution >= 4 is 22.9 Å². The Morgan fingerprint density at radius 3 is 2.83 bits per heavy atom. The number of aromatic amines is 1. The van der Waals surface area contributed by atoms with Gasteiger partial charge in [0.2, 0.25) is 0 Å². The van der Waals surface area contributed by atoms with E-state index in [0.717, 1.165) is 22.2 Å². The lowest BCUT2D eigenvalue weighted by molar-refractivity contribution is -0.116. The molecule has 2 N–H and O–H groups in total. The number of aryl methyl sites for hydroxylation is 1. The van der Waals surface area contributed by atoms with Crippen LogP contribution in [0.15, 0.2) is 29.8 Å². The molecular weight excluding hydrogens is 226 g/mol. The summed E-state index contributed by atoms with van der Waals surface area (Å²) in [4.78, 5) is 14.7. The maximum atomic E-state index is 11.5. The molecule has 0 aliphatic rings. The van der Waals surface area contributed by atoms with Gasteiger partial charge < -0.3 is 10.3 Å². The first-order valence-corrected chi connectivity index (χ1v) is 5.58. The molecule has 0 atom stereocenters. The number of para-hydroxylation sites is 1. The first-order chi connectivity index (χ1) is 8.67. The summed E-state index contributed by atoms with van der Waals surface area (Å²) in [6, 6.07) is 9.71. The van der Waals surface area contributed by atoms with Gasteiger partial charge in [-0.2, -0.15) is 5.26 Å². The van der Waals surface area contributed by atoms with Gasteiger partial charge in [0.15, 0.2) is 0 Å². The third-order valence-electron chi connectivity index (χ3n) is 2.82. The second-order valence-electron chi connectivity index (χ2n) is 3.96. The van der Waals surface area contributed by atoms with Crippen LogP contribution in [0.3, 0.4) is 0 Å². The molecule has 0 aliphatic heterocycles. The normalized spacial score (nSPS) is 11.3. The third-order valence-corrected chi connectivity index (χ3v) is 2.82. The lowest BCUT2D eigenvalue weighted by Gasteiger charge is -1.98. The van der Waals surface area contributed by atoms with Crippen molar-refractivity contribution in [1.29, 1.82) is 5.26 Å². The van der Waals surface area contributed by atoms with Gasteiger partial charge in [-0.15, -0.1) is 0 Å². The molecule has 4 nitrogen and oxygen atoms in total. The van der Waals surface area contributed by atoms with Crippen molar-refractivity contribution in [3.8, 4) is 6.07 Å². The summed E-state index contributed by atoms with van der Waals surface area (Å²) in [7, 11) is 1.51. The van der Waals surface area contributed by atoms with E-state index in [1.54, 1.807) is 6.08 Å². The van der Waals surface area contributed by atoms with Gasteiger partial charge in [0.05, 0.1) is 0 Å². The first-order valence-electron chi connectivity index (χ1n) is 5.58. The van der Waals surface area contributed by atoms with Crippen molar-refractivity contribution in [1.82, 2.24) is 10.3 Å². The van der Waals surface area contributed by atoms with Crippen molar-refractivity contribution in [2.75, 3.05) is 7.05 Å². The molecule has 1 aromatic heterocycles. The number of rotatable bonds is 2. The number of amides is 1. The summed E-state index contributed by atoms with van der Waals surface area (Å²) in [5, 5.41) is 12.5. The number of hydrogen-bond acceptors (Lipinski definition) is 2. The zero-order valence-electron chi connectivity index (χ0n) is 10.2. The quantitative estimate of drug-likeness (QED) is 0.622. The minimum atomic E-state index is -0.373. The number of nitrogens with zero attached hydrogens (tertiary/aromatic N) is 1. The van der Waals surface area contributed by atoms with E-state index in [1.807, 2.05) is 37.3 Å². The van der Waals surface area contributed by atoms with Crippen LogP contribution in [0.2, 0.25) is 0 Å². The van der Waals surface area contributed by atoms with E-state index >= 15 is 0 Å². The van der Waals surface area contributed by atoms with Crippen LogP contribution in [0, 0.1) is 18.3 Å². The monoisotopic (exact) mass is 239 g/mol. The largest absolute Gasteiger partial charge is 0.358 e. The van der Waals surface area contributed by atoms with Crippen molar-refractivity contribution in [2.45, 2.75) is 6.92 Å². The summed E-state index contributed by atoms with van der Waals surface area (Å²) in [5.41, 5.74) is 2.92. The van der Waals surface area contributed by atoms with E-state index in [1.165, 1.54) is 7.05 Å². The predicted octanol–water partition coefficient (Wildman–Crippen LogP) is 2.13. The molecule has 0 unspecified atom stereocenters. The van der Waals surface area contributed by atoms with Gasteiger partial charge in [0, 0.05) is 29.2 Å². The van der Waals surface area contributed by atoms with Crippen LogP contribution in [-0.4, -0.2) is 17.9 Å². The summed E-state index contributed by atoms with van der Waals surface area (Å²) < 4.78 is 0. The lowest BCUT2D eigenvalue weighted by Crippen LogP contribution is -2.19. The fourth-order valence-electron chi connectivity index (χ4n) is 1.91. The second-order valence-corrected chi connectivity index (χ2v) is 3.96.